The number of thioether (sulfide) groups is 1. The number of alkyl halides is 1. The molecule has 1 aromatic carbocycles. The molecule has 0 amide bonds. The second kappa shape index (κ2) is 6.29. The number of halogens is 1. The molecule has 0 aliphatic carbocycles. The summed E-state index contributed by atoms with van der Waals surface area (Å²) in [5.74, 6) is 4.05. The lowest BCUT2D eigenvalue weighted by molar-refractivity contribution is 0.415. The van der Waals surface area contributed by atoms with Crippen molar-refractivity contribution in [2.75, 3.05) is 11.5 Å². The van der Waals surface area contributed by atoms with Gasteiger partial charge in [-0.05, 0) is 49.3 Å². The molecule has 0 saturated carbocycles. The van der Waals surface area contributed by atoms with E-state index in [0.29, 0.717) is 11.5 Å². The molecule has 0 bridgehead atoms. The van der Waals surface area contributed by atoms with Gasteiger partial charge < -0.3 is 4.57 Å². The van der Waals surface area contributed by atoms with E-state index >= 15 is 0 Å². The van der Waals surface area contributed by atoms with E-state index in [1.807, 2.05) is 36.9 Å². The molecule has 1 unspecified atom stereocenters. The van der Waals surface area contributed by atoms with Crippen molar-refractivity contribution in [1.29, 1.82) is 5.26 Å². The maximum Gasteiger partial charge on any atom is 0.127 e. The van der Waals surface area contributed by atoms with Gasteiger partial charge in [0.05, 0.1) is 16.5 Å². The van der Waals surface area contributed by atoms with Crippen molar-refractivity contribution < 1.29 is 0 Å². The van der Waals surface area contributed by atoms with Gasteiger partial charge in [0.25, 0.3) is 0 Å². The third-order valence-electron chi connectivity index (χ3n) is 4.07. The Balaban J connectivity index is 2.06. The predicted octanol–water partition coefficient (Wildman–Crippen LogP) is 4.35. The summed E-state index contributed by atoms with van der Waals surface area (Å²) in [6.45, 7) is 2.90. The van der Waals surface area contributed by atoms with Crippen LogP contribution in [-0.2, 0) is 6.54 Å². The molecule has 5 heteroatoms. The van der Waals surface area contributed by atoms with Gasteiger partial charge in [-0.3, -0.25) is 0 Å². The molecule has 1 atom stereocenters. The minimum Gasteiger partial charge on any atom is -0.326 e. The normalized spacial score (nSPS) is 17.8. The zero-order valence-electron chi connectivity index (χ0n) is 12.1. The number of nitrogens with zero attached hydrogens (tertiary/aromatic N) is 3. The van der Waals surface area contributed by atoms with Crippen LogP contribution in [0.3, 0.4) is 0 Å². The van der Waals surface area contributed by atoms with Crippen LogP contribution in [0.1, 0.15) is 36.5 Å². The first-order valence-corrected chi connectivity index (χ1v) is 8.91. The number of benzene rings is 1. The maximum absolute atomic E-state index is 9.26. The van der Waals surface area contributed by atoms with E-state index in [0.717, 1.165) is 23.4 Å². The van der Waals surface area contributed by atoms with Gasteiger partial charge in [0.1, 0.15) is 17.4 Å². The number of rotatable bonds is 3. The number of nitriles is 1. The van der Waals surface area contributed by atoms with E-state index in [4.69, 9.17) is 11.6 Å². The van der Waals surface area contributed by atoms with E-state index in [-0.39, 0.29) is 5.38 Å². The third-order valence-corrected chi connectivity index (χ3v) is 5.31. The number of aromatic nitrogens is 2. The summed E-state index contributed by atoms with van der Waals surface area (Å²) in [7, 11) is 0. The van der Waals surface area contributed by atoms with E-state index in [9.17, 15) is 5.26 Å². The number of hydrogen-bond donors (Lipinski definition) is 0. The molecule has 0 radical (unpaired) electrons. The molecule has 1 aliphatic heterocycles. The minimum atomic E-state index is -0.151. The van der Waals surface area contributed by atoms with E-state index in [2.05, 4.69) is 15.6 Å². The Bertz CT molecular complexity index is 681. The Labute approximate surface area is 134 Å². The summed E-state index contributed by atoms with van der Waals surface area (Å²) < 4.78 is 2.23. The lowest BCUT2D eigenvalue weighted by atomic mass is 10.0. The highest BCUT2D eigenvalue weighted by Crippen LogP contribution is 2.30. The highest BCUT2D eigenvalue weighted by Gasteiger charge is 2.21. The summed E-state index contributed by atoms with van der Waals surface area (Å²) in [6, 6.07) is 8.02. The Morgan fingerprint density at radius 1 is 1.48 bits per heavy atom. The molecular weight excluding hydrogens is 302 g/mol. The van der Waals surface area contributed by atoms with Gasteiger partial charge in [-0.2, -0.15) is 17.0 Å². The van der Waals surface area contributed by atoms with Gasteiger partial charge in [-0.25, -0.2) is 4.98 Å². The molecule has 3 rings (SSSR count). The maximum atomic E-state index is 9.26. The van der Waals surface area contributed by atoms with Crippen LogP contribution < -0.4 is 0 Å². The van der Waals surface area contributed by atoms with Crippen LogP contribution in [0, 0.1) is 17.2 Å². The molecule has 2 heterocycles. The average molecular weight is 320 g/mol. The van der Waals surface area contributed by atoms with Crippen LogP contribution in [-0.4, -0.2) is 21.1 Å². The van der Waals surface area contributed by atoms with Crippen LogP contribution in [0.15, 0.2) is 18.2 Å². The number of imidazole rings is 1. The topological polar surface area (TPSA) is 41.6 Å². The average Bonchev–Trinajstić information content (AvgIpc) is 2.87. The summed E-state index contributed by atoms with van der Waals surface area (Å²) in [5, 5.41) is 9.11. The molecule has 1 fully saturated rings. The van der Waals surface area contributed by atoms with Crippen LogP contribution >= 0.6 is 23.4 Å². The highest BCUT2D eigenvalue weighted by molar-refractivity contribution is 7.99. The zero-order chi connectivity index (χ0) is 14.8. The fourth-order valence-electron chi connectivity index (χ4n) is 2.94. The number of fused-ring (bicyclic) bond motifs is 1. The second-order valence-electron chi connectivity index (χ2n) is 5.54. The Hall–Kier alpha value is -1.18. The fourth-order valence-corrected chi connectivity index (χ4v) is 4.31. The van der Waals surface area contributed by atoms with Gasteiger partial charge in [0.15, 0.2) is 0 Å². The van der Waals surface area contributed by atoms with Crippen LogP contribution in [0.5, 0.6) is 0 Å². The first-order chi connectivity index (χ1) is 10.2. The van der Waals surface area contributed by atoms with Crippen molar-refractivity contribution in [1.82, 2.24) is 9.55 Å². The lowest BCUT2D eigenvalue weighted by Gasteiger charge is -2.23. The number of para-hydroxylation sites is 1. The van der Waals surface area contributed by atoms with Crippen LogP contribution in [0.2, 0.25) is 0 Å². The molecule has 1 saturated heterocycles. The van der Waals surface area contributed by atoms with Crippen molar-refractivity contribution in [3.8, 4) is 6.07 Å². The number of hydrogen-bond acceptors (Lipinski definition) is 3. The Morgan fingerprint density at radius 3 is 2.90 bits per heavy atom. The van der Waals surface area contributed by atoms with Gasteiger partial charge in [-0.1, -0.05) is 6.07 Å². The molecule has 21 heavy (non-hydrogen) atoms. The molecule has 0 spiro atoms. The van der Waals surface area contributed by atoms with E-state index < -0.39 is 0 Å². The lowest BCUT2D eigenvalue weighted by Crippen LogP contribution is -2.18. The zero-order valence-corrected chi connectivity index (χ0v) is 13.6. The quantitative estimate of drug-likeness (QED) is 0.790. The highest BCUT2D eigenvalue weighted by atomic mass is 35.5. The molecule has 1 aromatic heterocycles. The molecule has 110 valence electrons. The molecule has 1 aliphatic rings. The van der Waals surface area contributed by atoms with Gasteiger partial charge >= 0.3 is 0 Å². The SMILES string of the molecule is CC(Cl)c1nc2c(C#N)cccc2n1CC1CCSCC1. The smallest absolute Gasteiger partial charge is 0.127 e. The third kappa shape index (κ3) is 2.90. The first-order valence-electron chi connectivity index (χ1n) is 7.31. The summed E-state index contributed by atoms with van der Waals surface area (Å²) in [6.07, 6.45) is 2.50. The molecular formula is C16H18ClN3S. The molecule has 0 N–H and O–H groups in total. The van der Waals surface area contributed by atoms with Crippen molar-refractivity contribution >= 4 is 34.4 Å². The van der Waals surface area contributed by atoms with Crippen molar-refractivity contribution in [2.45, 2.75) is 31.7 Å². The molecule has 2 aromatic rings. The Morgan fingerprint density at radius 2 is 2.24 bits per heavy atom. The van der Waals surface area contributed by atoms with Crippen molar-refractivity contribution in [3.05, 3.63) is 29.6 Å². The van der Waals surface area contributed by atoms with Crippen molar-refractivity contribution in [3.63, 3.8) is 0 Å². The van der Waals surface area contributed by atoms with Crippen LogP contribution in [0.4, 0.5) is 0 Å². The monoisotopic (exact) mass is 319 g/mol. The van der Waals surface area contributed by atoms with Crippen LogP contribution in [0.25, 0.3) is 11.0 Å². The minimum absolute atomic E-state index is 0.151. The van der Waals surface area contributed by atoms with Gasteiger partial charge in [0, 0.05) is 6.54 Å². The summed E-state index contributed by atoms with van der Waals surface area (Å²) >= 11 is 8.36. The van der Waals surface area contributed by atoms with E-state index in [1.54, 1.807) is 0 Å². The largest absolute Gasteiger partial charge is 0.326 e. The molecule has 3 nitrogen and oxygen atoms in total. The Kier molecular flexibility index (Phi) is 4.42. The predicted molar refractivity (Wildman–Crippen MR) is 88.8 cm³/mol. The standard InChI is InChI=1S/C16H18ClN3S/c1-11(17)16-19-15-13(9-18)3-2-4-14(15)20(16)10-12-5-7-21-8-6-12/h2-4,11-12H,5-8,10H2,1H3. The second-order valence-corrected chi connectivity index (χ2v) is 7.42. The summed E-state index contributed by atoms with van der Waals surface area (Å²) in [4.78, 5) is 4.65. The summed E-state index contributed by atoms with van der Waals surface area (Å²) in [5.41, 5.74) is 2.45. The first kappa shape index (κ1) is 14.7. The van der Waals surface area contributed by atoms with Gasteiger partial charge in [-0.15, -0.1) is 11.6 Å². The van der Waals surface area contributed by atoms with Gasteiger partial charge in [0.2, 0.25) is 0 Å². The fraction of sp³-hybridized carbons (Fsp3) is 0.500. The van der Waals surface area contributed by atoms with E-state index in [1.165, 1.54) is 24.3 Å². The van der Waals surface area contributed by atoms with Crippen molar-refractivity contribution in [2.24, 2.45) is 5.92 Å².